The average Bonchev–Trinajstić information content (AvgIpc) is 2.72. The van der Waals surface area contributed by atoms with Crippen molar-refractivity contribution >= 4 is 11.8 Å². The first-order valence-electron chi connectivity index (χ1n) is 5.26. The fraction of sp³-hybridized carbons (Fsp3) is 0.444. The van der Waals surface area contributed by atoms with Crippen LogP contribution in [-0.4, -0.2) is 27.2 Å². The van der Waals surface area contributed by atoms with Crippen molar-refractivity contribution in [1.29, 1.82) is 0 Å². The standard InChI is InChI=1S/C9H16N6O2S/c1-7-8(13-6-12-7)5-18-3-2-11-9(14-10)4-15(16)17/h4,6,11,14H,2-3,5,10H2,1H3,(H,12,13)/b9-4-. The molecule has 0 radical (unpaired) electrons. The normalized spacial score (nSPS) is 11.3. The molecule has 0 fully saturated rings. The average molecular weight is 272 g/mol. The Morgan fingerprint density at radius 3 is 3.11 bits per heavy atom. The molecule has 1 aromatic rings. The number of aryl methyl sites for hydroxylation is 1. The van der Waals surface area contributed by atoms with Crippen LogP contribution in [0, 0.1) is 17.0 Å². The molecule has 0 unspecified atom stereocenters. The fourth-order valence-electron chi connectivity index (χ4n) is 1.20. The topological polar surface area (TPSA) is 122 Å². The summed E-state index contributed by atoms with van der Waals surface area (Å²) in [5.74, 6) is 6.92. The van der Waals surface area contributed by atoms with E-state index in [9.17, 15) is 10.1 Å². The smallest absolute Gasteiger partial charge is 0.275 e. The Morgan fingerprint density at radius 1 is 1.78 bits per heavy atom. The first kappa shape index (κ1) is 14.3. The van der Waals surface area contributed by atoms with Crippen LogP contribution in [0.2, 0.25) is 0 Å². The van der Waals surface area contributed by atoms with Crippen LogP contribution in [0.1, 0.15) is 11.4 Å². The molecule has 0 bridgehead atoms. The summed E-state index contributed by atoms with van der Waals surface area (Å²) in [6, 6.07) is 0. The van der Waals surface area contributed by atoms with Gasteiger partial charge in [0.1, 0.15) is 0 Å². The Balaban J connectivity index is 2.19. The van der Waals surface area contributed by atoms with E-state index in [0.29, 0.717) is 6.54 Å². The van der Waals surface area contributed by atoms with Gasteiger partial charge >= 0.3 is 0 Å². The van der Waals surface area contributed by atoms with E-state index in [1.54, 1.807) is 18.1 Å². The first-order valence-corrected chi connectivity index (χ1v) is 6.41. The molecular weight excluding hydrogens is 256 g/mol. The van der Waals surface area contributed by atoms with E-state index in [-0.39, 0.29) is 5.82 Å². The Kier molecular flexibility index (Phi) is 6.01. The number of H-pyrrole nitrogens is 1. The number of hydrogen-bond donors (Lipinski definition) is 4. The molecular formula is C9H16N6O2S. The molecule has 0 aliphatic rings. The maximum Gasteiger partial charge on any atom is 0.275 e. The lowest BCUT2D eigenvalue weighted by atomic mass is 10.4. The number of nitrogens with zero attached hydrogens (tertiary/aromatic N) is 2. The summed E-state index contributed by atoms with van der Waals surface area (Å²) < 4.78 is 0. The zero-order valence-electron chi connectivity index (χ0n) is 9.97. The third-order valence-corrected chi connectivity index (χ3v) is 3.10. The van der Waals surface area contributed by atoms with Gasteiger partial charge < -0.3 is 15.7 Å². The van der Waals surface area contributed by atoms with Gasteiger partial charge in [-0.05, 0) is 6.92 Å². The molecule has 1 aromatic heterocycles. The summed E-state index contributed by atoms with van der Waals surface area (Å²) in [5.41, 5.74) is 4.32. The number of aromatic amines is 1. The number of nitrogens with two attached hydrogens (primary N) is 1. The number of aromatic nitrogens is 2. The van der Waals surface area contributed by atoms with Gasteiger partial charge in [0.25, 0.3) is 6.20 Å². The molecule has 100 valence electrons. The molecule has 0 spiro atoms. The van der Waals surface area contributed by atoms with E-state index >= 15 is 0 Å². The third-order valence-electron chi connectivity index (χ3n) is 2.12. The molecule has 5 N–H and O–H groups in total. The van der Waals surface area contributed by atoms with Crippen molar-refractivity contribution in [2.45, 2.75) is 12.7 Å². The third kappa shape index (κ3) is 5.06. The van der Waals surface area contributed by atoms with Gasteiger partial charge in [0.15, 0.2) is 5.82 Å². The van der Waals surface area contributed by atoms with E-state index in [1.807, 2.05) is 6.92 Å². The number of rotatable bonds is 8. The Labute approximate surface area is 109 Å². The van der Waals surface area contributed by atoms with E-state index in [4.69, 9.17) is 5.84 Å². The van der Waals surface area contributed by atoms with Gasteiger partial charge in [0.05, 0.1) is 16.9 Å². The summed E-state index contributed by atoms with van der Waals surface area (Å²) >= 11 is 1.69. The van der Waals surface area contributed by atoms with E-state index in [0.717, 1.165) is 29.1 Å². The van der Waals surface area contributed by atoms with Crippen molar-refractivity contribution in [2.24, 2.45) is 5.84 Å². The lowest BCUT2D eigenvalue weighted by Crippen LogP contribution is -2.33. The van der Waals surface area contributed by atoms with Crippen molar-refractivity contribution in [1.82, 2.24) is 20.7 Å². The maximum atomic E-state index is 10.2. The van der Waals surface area contributed by atoms with Crippen LogP contribution in [0.25, 0.3) is 0 Å². The monoisotopic (exact) mass is 272 g/mol. The van der Waals surface area contributed by atoms with Gasteiger partial charge in [-0.25, -0.2) is 10.8 Å². The molecule has 0 amide bonds. The van der Waals surface area contributed by atoms with E-state index in [2.05, 4.69) is 20.7 Å². The van der Waals surface area contributed by atoms with Crippen LogP contribution in [-0.2, 0) is 5.75 Å². The van der Waals surface area contributed by atoms with Gasteiger partial charge in [-0.2, -0.15) is 11.8 Å². The quantitative estimate of drug-likeness (QED) is 0.229. The van der Waals surface area contributed by atoms with Crippen molar-refractivity contribution in [3.63, 3.8) is 0 Å². The van der Waals surface area contributed by atoms with Crippen molar-refractivity contribution < 1.29 is 4.92 Å². The zero-order valence-corrected chi connectivity index (χ0v) is 10.8. The minimum atomic E-state index is -0.567. The molecule has 0 atom stereocenters. The second-order valence-electron chi connectivity index (χ2n) is 3.43. The minimum absolute atomic E-state index is 0.191. The van der Waals surface area contributed by atoms with Crippen molar-refractivity contribution in [2.75, 3.05) is 12.3 Å². The van der Waals surface area contributed by atoms with Crippen LogP contribution >= 0.6 is 11.8 Å². The van der Waals surface area contributed by atoms with Crippen molar-refractivity contribution in [3.05, 3.63) is 39.9 Å². The highest BCUT2D eigenvalue weighted by Gasteiger charge is 2.02. The summed E-state index contributed by atoms with van der Waals surface area (Å²) in [5, 5.41) is 13.1. The zero-order chi connectivity index (χ0) is 13.4. The highest BCUT2D eigenvalue weighted by Crippen LogP contribution is 2.11. The predicted octanol–water partition coefficient (Wildman–Crippen LogP) is 0.0798. The summed E-state index contributed by atoms with van der Waals surface area (Å²) in [4.78, 5) is 16.8. The Morgan fingerprint density at radius 2 is 2.56 bits per heavy atom. The highest BCUT2D eigenvalue weighted by molar-refractivity contribution is 7.98. The second kappa shape index (κ2) is 7.56. The van der Waals surface area contributed by atoms with E-state index < -0.39 is 4.92 Å². The molecule has 8 nitrogen and oxygen atoms in total. The lowest BCUT2D eigenvalue weighted by molar-refractivity contribution is -0.404. The SMILES string of the molecule is Cc1[nH]cnc1CSCCN/C(=C/[N+](=O)[O-])NN. The maximum absolute atomic E-state index is 10.2. The number of hydrogen-bond acceptors (Lipinski definition) is 7. The summed E-state index contributed by atoms with van der Waals surface area (Å²) in [6.07, 6.45) is 2.46. The van der Waals surface area contributed by atoms with Gasteiger partial charge in [-0.15, -0.1) is 0 Å². The van der Waals surface area contributed by atoms with Crippen LogP contribution in [0.4, 0.5) is 0 Å². The number of thioether (sulfide) groups is 1. The molecule has 1 heterocycles. The Bertz CT molecular complexity index is 419. The molecule has 0 saturated carbocycles. The van der Waals surface area contributed by atoms with Gasteiger partial charge in [-0.1, -0.05) is 0 Å². The largest absolute Gasteiger partial charge is 0.365 e. The molecule has 0 saturated heterocycles. The van der Waals surface area contributed by atoms with E-state index in [1.165, 1.54) is 0 Å². The second-order valence-corrected chi connectivity index (χ2v) is 4.53. The van der Waals surface area contributed by atoms with Crippen LogP contribution in [0.5, 0.6) is 0 Å². The van der Waals surface area contributed by atoms with Gasteiger partial charge in [-0.3, -0.25) is 10.1 Å². The first-order chi connectivity index (χ1) is 8.63. The molecule has 1 rings (SSSR count). The Hall–Kier alpha value is -1.74. The number of hydrazine groups is 1. The summed E-state index contributed by atoms with van der Waals surface area (Å²) in [6.45, 7) is 2.55. The summed E-state index contributed by atoms with van der Waals surface area (Å²) in [7, 11) is 0. The van der Waals surface area contributed by atoms with Crippen LogP contribution in [0.15, 0.2) is 18.3 Å². The number of imidazole rings is 1. The number of nitro groups is 1. The molecule has 9 heteroatoms. The van der Waals surface area contributed by atoms with Crippen molar-refractivity contribution in [3.8, 4) is 0 Å². The predicted molar refractivity (Wildman–Crippen MR) is 69.9 cm³/mol. The minimum Gasteiger partial charge on any atom is -0.365 e. The molecule has 0 aliphatic heterocycles. The van der Waals surface area contributed by atoms with Gasteiger partial charge in [0.2, 0.25) is 0 Å². The molecule has 0 aliphatic carbocycles. The van der Waals surface area contributed by atoms with Gasteiger partial charge in [0, 0.05) is 23.7 Å². The van der Waals surface area contributed by atoms with Crippen LogP contribution < -0.4 is 16.6 Å². The molecule has 0 aromatic carbocycles. The molecule has 18 heavy (non-hydrogen) atoms. The fourth-order valence-corrected chi connectivity index (χ4v) is 2.07. The van der Waals surface area contributed by atoms with Crippen LogP contribution in [0.3, 0.4) is 0 Å². The number of nitrogens with one attached hydrogen (secondary N) is 3. The highest BCUT2D eigenvalue weighted by atomic mass is 32.2. The lowest BCUT2D eigenvalue weighted by Gasteiger charge is -2.07.